The van der Waals surface area contributed by atoms with Crippen LogP contribution in [0.5, 0.6) is 0 Å². The summed E-state index contributed by atoms with van der Waals surface area (Å²) in [6.07, 6.45) is 1.37. The highest BCUT2D eigenvalue weighted by Gasteiger charge is 2.04. The van der Waals surface area contributed by atoms with Crippen molar-refractivity contribution < 1.29 is 9.18 Å². The van der Waals surface area contributed by atoms with E-state index in [4.69, 9.17) is 0 Å². The third-order valence-corrected chi connectivity index (χ3v) is 4.23. The first-order valence-corrected chi connectivity index (χ1v) is 9.12. The van der Waals surface area contributed by atoms with Gasteiger partial charge in [0.05, 0.1) is 0 Å². The molecule has 0 saturated carbocycles. The molecule has 0 unspecified atom stereocenters. The molecular weight excluding hydrogens is 454 g/mol. The molecule has 0 spiro atoms. The molecular formula is C17H28FIN4OS. The van der Waals surface area contributed by atoms with Gasteiger partial charge in [0.15, 0.2) is 5.96 Å². The van der Waals surface area contributed by atoms with Crippen LogP contribution < -0.4 is 10.6 Å². The predicted octanol–water partition coefficient (Wildman–Crippen LogP) is 2.96. The van der Waals surface area contributed by atoms with Gasteiger partial charge in [-0.2, -0.15) is 0 Å². The number of rotatable bonds is 9. The molecule has 1 amide bonds. The van der Waals surface area contributed by atoms with E-state index >= 15 is 0 Å². The third-order valence-electron chi connectivity index (χ3n) is 3.13. The zero-order valence-corrected chi connectivity index (χ0v) is 18.2. The summed E-state index contributed by atoms with van der Waals surface area (Å²) in [7, 11) is 3.50. The molecule has 0 aliphatic rings. The van der Waals surface area contributed by atoms with Gasteiger partial charge < -0.3 is 15.5 Å². The summed E-state index contributed by atoms with van der Waals surface area (Å²) in [5, 5.41) is 6.33. The fourth-order valence-electron chi connectivity index (χ4n) is 1.83. The summed E-state index contributed by atoms with van der Waals surface area (Å²) in [5.74, 6) is 1.54. The highest BCUT2D eigenvalue weighted by molar-refractivity contribution is 14.0. The van der Waals surface area contributed by atoms with Crippen molar-refractivity contribution in [2.45, 2.75) is 24.7 Å². The molecule has 0 atom stereocenters. The number of hydrogen-bond acceptors (Lipinski definition) is 3. The molecule has 0 saturated heterocycles. The van der Waals surface area contributed by atoms with Gasteiger partial charge in [-0.1, -0.05) is 0 Å². The van der Waals surface area contributed by atoms with E-state index in [9.17, 15) is 9.18 Å². The molecule has 1 aromatic carbocycles. The highest BCUT2D eigenvalue weighted by Crippen LogP contribution is 2.18. The minimum Gasteiger partial charge on any atom is -0.357 e. The second-order valence-electron chi connectivity index (χ2n) is 5.38. The first-order valence-electron chi connectivity index (χ1n) is 8.13. The summed E-state index contributed by atoms with van der Waals surface area (Å²) in [6.45, 7) is 4.04. The van der Waals surface area contributed by atoms with E-state index in [0.29, 0.717) is 19.5 Å². The van der Waals surface area contributed by atoms with Crippen LogP contribution in [-0.4, -0.2) is 56.2 Å². The number of amides is 1. The number of thioether (sulfide) groups is 1. The van der Waals surface area contributed by atoms with E-state index < -0.39 is 0 Å². The number of aliphatic imine (C=N–C) groups is 1. The van der Waals surface area contributed by atoms with Gasteiger partial charge in [-0.25, -0.2) is 4.39 Å². The minimum atomic E-state index is -0.210. The Morgan fingerprint density at radius 3 is 2.52 bits per heavy atom. The van der Waals surface area contributed by atoms with Crippen molar-refractivity contribution in [1.82, 2.24) is 15.5 Å². The Hall–Kier alpha value is -1.03. The Balaban J connectivity index is 0.00000576. The lowest BCUT2D eigenvalue weighted by Gasteiger charge is -2.13. The molecule has 8 heteroatoms. The molecule has 25 heavy (non-hydrogen) atoms. The number of carbonyl (C=O) groups is 1. The molecule has 0 aromatic heterocycles. The SMILES string of the molecule is CCNC(=NCCCSc1ccc(F)cc1)NCCC(=O)N(C)C.I. The maximum atomic E-state index is 12.8. The average Bonchev–Trinajstić information content (AvgIpc) is 2.56. The Labute approximate surface area is 171 Å². The van der Waals surface area contributed by atoms with E-state index in [2.05, 4.69) is 15.6 Å². The summed E-state index contributed by atoms with van der Waals surface area (Å²) in [6, 6.07) is 6.53. The van der Waals surface area contributed by atoms with Crippen molar-refractivity contribution >= 4 is 47.6 Å². The van der Waals surface area contributed by atoms with Gasteiger partial charge >= 0.3 is 0 Å². The van der Waals surface area contributed by atoms with Crippen LogP contribution in [0.1, 0.15) is 19.8 Å². The number of guanidine groups is 1. The highest BCUT2D eigenvalue weighted by atomic mass is 127. The number of nitrogens with zero attached hydrogens (tertiary/aromatic N) is 2. The lowest BCUT2D eigenvalue weighted by Crippen LogP contribution is -2.39. The van der Waals surface area contributed by atoms with Gasteiger partial charge in [-0.3, -0.25) is 9.79 Å². The average molecular weight is 482 g/mol. The van der Waals surface area contributed by atoms with E-state index in [1.54, 1.807) is 42.9 Å². The molecule has 142 valence electrons. The van der Waals surface area contributed by atoms with Gasteiger partial charge in [0.25, 0.3) is 0 Å². The second kappa shape index (κ2) is 14.2. The first kappa shape index (κ1) is 24.0. The zero-order chi connectivity index (χ0) is 17.8. The lowest BCUT2D eigenvalue weighted by atomic mass is 10.4. The fourth-order valence-corrected chi connectivity index (χ4v) is 2.67. The van der Waals surface area contributed by atoms with Gasteiger partial charge in [0.2, 0.25) is 5.91 Å². The van der Waals surface area contributed by atoms with Crippen LogP contribution in [0, 0.1) is 5.82 Å². The van der Waals surface area contributed by atoms with E-state index in [-0.39, 0.29) is 35.7 Å². The summed E-state index contributed by atoms with van der Waals surface area (Å²) in [5.41, 5.74) is 0. The van der Waals surface area contributed by atoms with Crippen molar-refractivity contribution in [1.29, 1.82) is 0 Å². The van der Waals surface area contributed by atoms with E-state index in [1.165, 1.54) is 12.1 Å². The lowest BCUT2D eigenvalue weighted by molar-refractivity contribution is -0.128. The van der Waals surface area contributed by atoms with Gasteiger partial charge in [0.1, 0.15) is 5.82 Å². The Morgan fingerprint density at radius 2 is 1.92 bits per heavy atom. The monoisotopic (exact) mass is 482 g/mol. The molecule has 0 aliphatic carbocycles. The van der Waals surface area contributed by atoms with Crippen molar-refractivity contribution in [3.8, 4) is 0 Å². The van der Waals surface area contributed by atoms with Crippen LogP contribution in [0.25, 0.3) is 0 Å². The van der Waals surface area contributed by atoms with Crippen LogP contribution in [0.15, 0.2) is 34.2 Å². The Bertz CT molecular complexity index is 526. The maximum Gasteiger partial charge on any atom is 0.223 e. The Morgan fingerprint density at radius 1 is 1.24 bits per heavy atom. The number of benzene rings is 1. The molecule has 2 N–H and O–H groups in total. The molecule has 5 nitrogen and oxygen atoms in total. The van der Waals surface area contributed by atoms with Crippen LogP contribution in [0.4, 0.5) is 4.39 Å². The topological polar surface area (TPSA) is 56.7 Å². The number of nitrogens with one attached hydrogen (secondary N) is 2. The summed E-state index contributed by atoms with van der Waals surface area (Å²) in [4.78, 5) is 18.7. The summed E-state index contributed by atoms with van der Waals surface area (Å²) < 4.78 is 12.8. The van der Waals surface area contributed by atoms with Crippen molar-refractivity contribution in [3.05, 3.63) is 30.1 Å². The van der Waals surface area contributed by atoms with Gasteiger partial charge in [0, 0.05) is 45.0 Å². The van der Waals surface area contributed by atoms with Crippen molar-refractivity contribution in [2.24, 2.45) is 4.99 Å². The maximum absolute atomic E-state index is 12.8. The minimum absolute atomic E-state index is 0. The predicted molar refractivity (Wildman–Crippen MR) is 114 cm³/mol. The molecule has 0 aliphatic heterocycles. The van der Waals surface area contributed by atoms with Gasteiger partial charge in [-0.15, -0.1) is 35.7 Å². The van der Waals surface area contributed by atoms with Crippen molar-refractivity contribution in [3.63, 3.8) is 0 Å². The normalized spacial score (nSPS) is 10.8. The third kappa shape index (κ3) is 11.2. The quantitative estimate of drug-likeness (QED) is 0.187. The molecule has 1 rings (SSSR count). The Kier molecular flexibility index (Phi) is 13.6. The van der Waals surface area contributed by atoms with Gasteiger partial charge in [-0.05, 0) is 43.4 Å². The summed E-state index contributed by atoms with van der Waals surface area (Å²) >= 11 is 1.69. The molecule has 1 aromatic rings. The molecule has 0 radical (unpaired) electrons. The van der Waals surface area contributed by atoms with Crippen LogP contribution in [-0.2, 0) is 4.79 Å². The smallest absolute Gasteiger partial charge is 0.223 e. The molecule has 0 fully saturated rings. The van der Waals surface area contributed by atoms with Crippen molar-refractivity contribution in [2.75, 3.05) is 39.5 Å². The molecule has 0 heterocycles. The van der Waals surface area contributed by atoms with Crippen LogP contribution in [0.2, 0.25) is 0 Å². The van der Waals surface area contributed by atoms with E-state index in [0.717, 1.165) is 29.6 Å². The van der Waals surface area contributed by atoms with Crippen LogP contribution >= 0.6 is 35.7 Å². The zero-order valence-electron chi connectivity index (χ0n) is 15.0. The van der Waals surface area contributed by atoms with E-state index in [1.807, 2.05) is 6.92 Å². The largest absolute Gasteiger partial charge is 0.357 e. The standard InChI is InChI=1S/C17H27FN4OS.HI/c1-4-19-17(21-12-10-16(23)22(2)3)20-11-5-13-24-15-8-6-14(18)7-9-15;/h6-9H,4-5,10-13H2,1-3H3,(H2,19,20,21);1H. The number of hydrogen-bond donors (Lipinski definition) is 2. The molecule has 0 bridgehead atoms. The second-order valence-corrected chi connectivity index (χ2v) is 6.55. The first-order chi connectivity index (χ1) is 11.5. The number of carbonyl (C=O) groups excluding carboxylic acids is 1. The number of halogens is 2. The fraction of sp³-hybridized carbons (Fsp3) is 0.529. The van der Waals surface area contributed by atoms with Crippen LogP contribution in [0.3, 0.4) is 0 Å².